The second-order valence-electron chi connectivity index (χ2n) is 9.04. The first-order valence-corrected chi connectivity index (χ1v) is 11.1. The molecule has 170 valence electrons. The Bertz CT molecular complexity index is 1320. The predicted molar refractivity (Wildman–Crippen MR) is 128 cm³/mol. The van der Waals surface area contributed by atoms with Gasteiger partial charge in [-0.1, -0.05) is 24.6 Å². The highest BCUT2D eigenvalue weighted by atomic mass is 19.1. The van der Waals surface area contributed by atoms with E-state index in [0.29, 0.717) is 59.2 Å². The zero-order valence-corrected chi connectivity index (χ0v) is 19.0. The van der Waals surface area contributed by atoms with Gasteiger partial charge in [-0.25, -0.2) is 19.2 Å². The van der Waals surface area contributed by atoms with Gasteiger partial charge in [0.1, 0.15) is 23.6 Å². The molecule has 0 spiro atoms. The molecule has 1 saturated heterocycles. The van der Waals surface area contributed by atoms with Crippen LogP contribution in [0.2, 0.25) is 0 Å². The van der Waals surface area contributed by atoms with E-state index in [2.05, 4.69) is 36.0 Å². The maximum Gasteiger partial charge on any atom is 0.324 e. The third-order valence-corrected chi connectivity index (χ3v) is 6.38. The van der Waals surface area contributed by atoms with E-state index in [-0.39, 0.29) is 6.03 Å². The second kappa shape index (κ2) is 8.03. The monoisotopic (exact) mass is 446 g/mol. The van der Waals surface area contributed by atoms with Crippen molar-refractivity contribution in [1.82, 2.24) is 19.4 Å². The summed E-state index contributed by atoms with van der Waals surface area (Å²) >= 11 is 0. The van der Waals surface area contributed by atoms with Crippen LogP contribution in [-0.2, 0) is 7.05 Å². The quantitative estimate of drug-likeness (QED) is 0.639. The summed E-state index contributed by atoms with van der Waals surface area (Å²) in [6, 6.07) is 4.79. The van der Waals surface area contributed by atoms with Crippen LogP contribution in [0, 0.1) is 11.7 Å². The fourth-order valence-electron chi connectivity index (χ4n) is 4.97. The van der Waals surface area contributed by atoms with E-state index in [1.807, 2.05) is 11.9 Å². The van der Waals surface area contributed by atoms with E-state index in [0.717, 1.165) is 6.42 Å². The molecule has 1 aliphatic heterocycles. The Morgan fingerprint density at radius 1 is 1.21 bits per heavy atom. The second-order valence-corrected chi connectivity index (χ2v) is 9.04. The maximum atomic E-state index is 15.3. The summed E-state index contributed by atoms with van der Waals surface area (Å²) in [5.74, 6) is 0.367. The summed E-state index contributed by atoms with van der Waals surface area (Å²) in [4.78, 5) is 24.8. The van der Waals surface area contributed by atoms with Crippen molar-refractivity contribution >= 4 is 28.6 Å². The van der Waals surface area contributed by atoms with Crippen molar-refractivity contribution in [3.8, 4) is 11.1 Å². The molecular formula is C25H27FN6O. The van der Waals surface area contributed by atoms with Crippen LogP contribution >= 0.6 is 0 Å². The number of nitrogen functional groups attached to an aromatic ring is 1. The van der Waals surface area contributed by atoms with Crippen LogP contribution in [0.15, 0.2) is 54.0 Å². The van der Waals surface area contributed by atoms with Gasteiger partial charge in [-0.15, -0.1) is 0 Å². The van der Waals surface area contributed by atoms with E-state index < -0.39 is 5.82 Å². The molecule has 2 amide bonds. The Kier molecular flexibility index (Phi) is 5.15. The summed E-state index contributed by atoms with van der Waals surface area (Å²) in [7, 11) is 1.83. The van der Waals surface area contributed by atoms with Gasteiger partial charge in [0.05, 0.1) is 5.39 Å². The number of aromatic nitrogens is 3. The van der Waals surface area contributed by atoms with Crippen LogP contribution in [0.5, 0.6) is 0 Å². The molecule has 3 heterocycles. The largest absolute Gasteiger partial charge is 0.383 e. The van der Waals surface area contributed by atoms with Crippen LogP contribution < -0.4 is 10.6 Å². The molecule has 33 heavy (non-hydrogen) atoms. The molecule has 0 bridgehead atoms. The van der Waals surface area contributed by atoms with Gasteiger partial charge in [0.15, 0.2) is 0 Å². The van der Waals surface area contributed by atoms with Crippen LogP contribution in [0.1, 0.15) is 20.3 Å². The van der Waals surface area contributed by atoms with Gasteiger partial charge < -0.3 is 15.2 Å². The number of amides is 2. The van der Waals surface area contributed by atoms with Gasteiger partial charge in [-0.3, -0.25) is 4.90 Å². The first kappa shape index (κ1) is 21.2. The Hall–Kier alpha value is -3.68. The number of hydrogen-bond donors (Lipinski definition) is 1. The minimum Gasteiger partial charge on any atom is -0.383 e. The number of anilines is 2. The number of fused-ring (bicyclic) bond motifs is 1. The lowest BCUT2D eigenvalue weighted by molar-refractivity contribution is 0.224. The maximum absolute atomic E-state index is 15.3. The van der Waals surface area contributed by atoms with Crippen molar-refractivity contribution in [3.05, 3.63) is 59.8 Å². The molecule has 1 atom stereocenters. The van der Waals surface area contributed by atoms with Gasteiger partial charge in [-0.2, -0.15) is 0 Å². The molecular weight excluding hydrogens is 419 g/mol. The topological polar surface area (TPSA) is 80.3 Å². The average Bonchev–Trinajstić information content (AvgIpc) is 3.28. The standard InChI is InChI=1S/C25H27FN6O/c1-15-8-16(2)10-17(9-15)12-31-6-7-32(25(31)33)18-4-5-19(21(26)11-18)20-13-30(3)24-22(20)23(27)28-14-29-24/h4-5,9-11,13-15H,6-8,12H2,1-3H3,(H2,27,28,29). The number of carbonyl (C=O) groups excluding carboxylic acids is 1. The predicted octanol–water partition coefficient (Wildman–Crippen LogP) is 4.51. The van der Waals surface area contributed by atoms with Crippen molar-refractivity contribution in [1.29, 1.82) is 0 Å². The van der Waals surface area contributed by atoms with Crippen molar-refractivity contribution < 1.29 is 9.18 Å². The van der Waals surface area contributed by atoms with Crippen molar-refractivity contribution in [3.63, 3.8) is 0 Å². The lowest BCUT2D eigenvalue weighted by Gasteiger charge is -2.22. The van der Waals surface area contributed by atoms with Crippen LogP contribution in [-0.4, -0.2) is 45.1 Å². The average molecular weight is 447 g/mol. The van der Waals surface area contributed by atoms with Gasteiger partial charge >= 0.3 is 6.03 Å². The highest BCUT2D eigenvalue weighted by molar-refractivity contribution is 6.01. The van der Waals surface area contributed by atoms with Crippen molar-refractivity contribution in [2.75, 3.05) is 30.3 Å². The molecule has 0 saturated carbocycles. The van der Waals surface area contributed by atoms with Gasteiger partial charge in [-0.05, 0) is 43.0 Å². The number of benzene rings is 1. The number of nitrogens with zero attached hydrogens (tertiary/aromatic N) is 5. The fourth-order valence-corrected chi connectivity index (χ4v) is 4.97. The highest BCUT2D eigenvalue weighted by Crippen LogP contribution is 2.35. The number of nitrogens with two attached hydrogens (primary N) is 1. The molecule has 2 aliphatic rings. The van der Waals surface area contributed by atoms with Gasteiger partial charge in [0, 0.05) is 49.7 Å². The number of aryl methyl sites for hydroxylation is 1. The molecule has 3 aromatic rings. The number of halogens is 1. The highest BCUT2D eigenvalue weighted by Gasteiger charge is 2.31. The van der Waals surface area contributed by atoms with E-state index in [1.165, 1.54) is 23.5 Å². The third kappa shape index (κ3) is 3.75. The molecule has 1 aromatic carbocycles. The van der Waals surface area contributed by atoms with Gasteiger partial charge in [0.25, 0.3) is 0 Å². The minimum absolute atomic E-state index is 0.102. The Morgan fingerprint density at radius 2 is 2.03 bits per heavy atom. The summed E-state index contributed by atoms with van der Waals surface area (Å²) in [6.45, 7) is 6.03. The van der Waals surface area contributed by atoms with E-state index in [9.17, 15) is 4.79 Å². The molecule has 2 N–H and O–H groups in total. The van der Waals surface area contributed by atoms with Gasteiger partial charge in [0.2, 0.25) is 0 Å². The summed E-state index contributed by atoms with van der Waals surface area (Å²) in [6.07, 6.45) is 8.66. The molecule has 7 nitrogen and oxygen atoms in total. The first-order chi connectivity index (χ1) is 15.8. The smallest absolute Gasteiger partial charge is 0.324 e. The summed E-state index contributed by atoms with van der Waals surface area (Å²) in [5.41, 5.74) is 10.8. The Balaban J connectivity index is 1.40. The molecule has 8 heteroatoms. The molecule has 2 aromatic heterocycles. The number of carbonyl (C=O) groups is 1. The lowest BCUT2D eigenvalue weighted by Crippen LogP contribution is -2.33. The molecule has 0 radical (unpaired) electrons. The van der Waals surface area contributed by atoms with E-state index in [4.69, 9.17) is 5.73 Å². The zero-order chi connectivity index (χ0) is 23.3. The first-order valence-electron chi connectivity index (χ1n) is 11.1. The number of allylic oxidation sites excluding steroid dienone is 2. The van der Waals surface area contributed by atoms with Crippen LogP contribution in [0.4, 0.5) is 20.7 Å². The molecule has 1 aliphatic carbocycles. The lowest BCUT2D eigenvalue weighted by atomic mass is 9.92. The Morgan fingerprint density at radius 3 is 2.79 bits per heavy atom. The zero-order valence-electron chi connectivity index (χ0n) is 19.0. The Labute approximate surface area is 192 Å². The summed E-state index contributed by atoms with van der Waals surface area (Å²) in [5, 5.41) is 0.619. The molecule has 5 rings (SSSR count). The number of urea groups is 1. The molecule has 1 fully saturated rings. The van der Waals surface area contributed by atoms with Crippen LogP contribution in [0.3, 0.4) is 0 Å². The van der Waals surface area contributed by atoms with E-state index in [1.54, 1.807) is 27.8 Å². The third-order valence-electron chi connectivity index (χ3n) is 6.38. The number of hydrogen-bond acceptors (Lipinski definition) is 4. The van der Waals surface area contributed by atoms with E-state index >= 15 is 4.39 Å². The number of rotatable bonds is 4. The fraction of sp³-hybridized carbons (Fsp3) is 0.320. The van der Waals surface area contributed by atoms with Crippen LogP contribution in [0.25, 0.3) is 22.2 Å². The van der Waals surface area contributed by atoms with Crippen molar-refractivity contribution in [2.45, 2.75) is 20.3 Å². The molecule has 1 unspecified atom stereocenters. The van der Waals surface area contributed by atoms with Crippen molar-refractivity contribution in [2.24, 2.45) is 13.0 Å². The minimum atomic E-state index is -0.420. The normalized spacial score (nSPS) is 18.8. The SMILES string of the molecule is CC1=CC(CN2CCN(c3ccc(-c4cn(C)c5ncnc(N)c45)c(F)c3)C2=O)=CC(C)C1. The summed E-state index contributed by atoms with van der Waals surface area (Å²) < 4.78 is 17.1.